The van der Waals surface area contributed by atoms with Crippen molar-refractivity contribution >= 4 is 40.0 Å². The molecule has 2 saturated carbocycles. The summed E-state index contributed by atoms with van der Waals surface area (Å²) in [4.78, 5) is 56.9. The number of hydrogen-bond donors (Lipinski definition) is 4. The highest BCUT2D eigenvalue weighted by molar-refractivity contribution is 6.03. The number of likely N-dealkylation sites (tertiary alicyclic amines) is 1. The Morgan fingerprint density at radius 2 is 2.03 bits per heavy atom. The number of H-pyrrole nitrogens is 1. The maximum absolute atomic E-state index is 13.7. The van der Waals surface area contributed by atoms with Gasteiger partial charge in [-0.25, -0.2) is 0 Å². The first-order valence-electron chi connectivity index (χ1n) is 13.0. The van der Waals surface area contributed by atoms with Crippen LogP contribution in [0.5, 0.6) is 0 Å². The van der Waals surface area contributed by atoms with Gasteiger partial charge in [0.2, 0.25) is 5.91 Å². The van der Waals surface area contributed by atoms with E-state index in [4.69, 9.17) is 0 Å². The van der Waals surface area contributed by atoms with Gasteiger partial charge >= 0.3 is 0 Å². The third-order valence-corrected chi connectivity index (χ3v) is 8.40. The molecule has 2 amide bonds. The lowest BCUT2D eigenvalue weighted by molar-refractivity contribution is -0.133. The molecule has 2 aliphatic carbocycles. The summed E-state index contributed by atoms with van der Waals surface area (Å²) in [5, 5.41) is 16.4. The van der Waals surface area contributed by atoms with Gasteiger partial charge in [0.1, 0.15) is 24.1 Å². The zero-order chi connectivity index (χ0) is 25.4. The summed E-state index contributed by atoms with van der Waals surface area (Å²) in [6.07, 6.45) is 4.99. The number of anilines is 1. The van der Waals surface area contributed by atoms with Gasteiger partial charge in [-0.2, -0.15) is 0 Å². The zero-order valence-electron chi connectivity index (χ0n) is 20.6. The van der Waals surface area contributed by atoms with Gasteiger partial charge in [-0.1, -0.05) is 12.5 Å². The van der Waals surface area contributed by atoms with Crippen molar-refractivity contribution in [2.45, 2.75) is 57.0 Å². The van der Waals surface area contributed by atoms with Gasteiger partial charge in [-0.3, -0.25) is 19.2 Å². The number of hydrogen-bond acceptors (Lipinski definition) is 6. The standard InChI is InChI=1S/C27H34N4O5/c1-28-19-8-4-9-20-18(19)12-22(29-20)27(36)31-13-16-6-2-7-17(16)25(31)26(35)30-21(24(34)14-32)11-15-5-3-10-23(15)33/h4,8-9,12,15-17,21,25,28-29,32H,2-3,5-7,10-11,13-14H2,1H3,(H,30,35)/t15-,16-,17-,21-,25-/m0/s1. The predicted molar refractivity (Wildman–Crippen MR) is 134 cm³/mol. The highest BCUT2D eigenvalue weighted by Gasteiger charge is 2.50. The van der Waals surface area contributed by atoms with Crippen molar-refractivity contribution < 1.29 is 24.3 Å². The number of aromatic nitrogens is 1. The molecule has 9 heteroatoms. The van der Waals surface area contributed by atoms with E-state index in [1.54, 1.807) is 4.90 Å². The van der Waals surface area contributed by atoms with Crippen molar-refractivity contribution in [2.75, 3.05) is 25.5 Å². The Kier molecular flexibility index (Phi) is 6.83. The molecule has 1 aliphatic heterocycles. The van der Waals surface area contributed by atoms with E-state index in [0.717, 1.165) is 42.3 Å². The Bertz CT molecular complexity index is 1190. The van der Waals surface area contributed by atoms with Crippen LogP contribution >= 0.6 is 0 Å². The summed E-state index contributed by atoms with van der Waals surface area (Å²) >= 11 is 0. The SMILES string of the molecule is CNc1cccc2[nH]c(C(=O)N3C[C@@H]4CCC[C@@H]4[C@H]3C(=O)N[C@@H](C[C@@H]3CCCC3=O)C(=O)CO)cc12. The smallest absolute Gasteiger partial charge is 0.271 e. The maximum atomic E-state index is 13.7. The Labute approximate surface area is 210 Å². The molecule has 3 aliphatic rings. The van der Waals surface area contributed by atoms with E-state index in [9.17, 15) is 24.3 Å². The molecule has 0 unspecified atom stereocenters. The molecule has 5 rings (SSSR count). The summed E-state index contributed by atoms with van der Waals surface area (Å²) in [7, 11) is 1.83. The van der Waals surface area contributed by atoms with Crippen molar-refractivity contribution in [3.05, 3.63) is 30.0 Å². The summed E-state index contributed by atoms with van der Waals surface area (Å²) in [6.45, 7) is -0.205. The Morgan fingerprint density at radius 3 is 2.75 bits per heavy atom. The Hall–Kier alpha value is -3.20. The molecule has 192 valence electrons. The minimum atomic E-state index is -0.932. The van der Waals surface area contributed by atoms with Gasteiger partial charge in [-0.15, -0.1) is 0 Å². The van der Waals surface area contributed by atoms with E-state index in [1.165, 1.54) is 0 Å². The molecular formula is C27H34N4O5. The minimum Gasteiger partial charge on any atom is -0.389 e. The quantitative estimate of drug-likeness (QED) is 0.445. The first kappa shape index (κ1) is 24.5. The fraction of sp³-hybridized carbons (Fsp3) is 0.556. The van der Waals surface area contributed by atoms with Crippen LogP contribution in [-0.2, 0) is 14.4 Å². The van der Waals surface area contributed by atoms with Crippen LogP contribution in [0.25, 0.3) is 10.9 Å². The largest absolute Gasteiger partial charge is 0.389 e. The number of rotatable bonds is 8. The molecule has 1 saturated heterocycles. The predicted octanol–water partition coefficient (Wildman–Crippen LogP) is 2.26. The molecule has 1 aromatic heterocycles. The first-order valence-corrected chi connectivity index (χ1v) is 13.0. The number of aromatic amines is 1. The van der Waals surface area contributed by atoms with Crippen LogP contribution in [0.15, 0.2) is 24.3 Å². The molecule has 0 bridgehead atoms. The minimum absolute atomic E-state index is 0.0317. The van der Waals surface area contributed by atoms with Gasteiger partial charge in [0.05, 0.1) is 6.04 Å². The van der Waals surface area contributed by atoms with E-state index in [2.05, 4.69) is 15.6 Å². The van der Waals surface area contributed by atoms with E-state index in [-0.39, 0.29) is 41.8 Å². The molecule has 3 fully saturated rings. The summed E-state index contributed by atoms with van der Waals surface area (Å²) in [5.41, 5.74) is 2.16. The number of carbonyl (C=O) groups is 4. The number of benzene rings is 1. The molecule has 0 radical (unpaired) electrons. The first-order chi connectivity index (χ1) is 17.4. The lowest BCUT2D eigenvalue weighted by Gasteiger charge is -2.29. The monoisotopic (exact) mass is 494 g/mol. The van der Waals surface area contributed by atoms with Crippen molar-refractivity contribution in [3.63, 3.8) is 0 Å². The van der Waals surface area contributed by atoms with Crippen LogP contribution in [-0.4, -0.2) is 70.7 Å². The molecule has 0 spiro atoms. The number of amides is 2. The van der Waals surface area contributed by atoms with Gasteiger partial charge in [0, 0.05) is 42.5 Å². The molecule has 9 nitrogen and oxygen atoms in total. The van der Waals surface area contributed by atoms with Crippen molar-refractivity contribution in [2.24, 2.45) is 17.8 Å². The molecule has 2 heterocycles. The average Bonchev–Trinajstić information content (AvgIpc) is 3.66. The molecule has 5 atom stereocenters. The fourth-order valence-electron chi connectivity index (χ4n) is 6.55. The van der Waals surface area contributed by atoms with Crippen LogP contribution in [0.2, 0.25) is 0 Å². The number of aliphatic hydroxyl groups is 1. The van der Waals surface area contributed by atoms with Gasteiger partial charge < -0.3 is 25.6 Å². The van der Waals surface area contributed by atoms with Gasteiger partial charge in [0.15, 0.2) is 5.78 Å². The topological polar surface area (TPSA) is 132 Å². The summed E-state index contributed by atoms with van der Waals surface area (Å²) in [5.74, 6) is -1.01. The normalized spacial score (nSPS) is 26.3. The number of ketones is 2. The van der Waals surface area contributed by atoms with Crippen molar-refractivity contribution in [1.29, 1.82) is 0 Å². The van der Waals surface area contributed by atoms with E-state index in [0.29, 0.717) is 25.1 Å². The molecule has 2 aromatic rings. The Morgan fingerprint density at radius 1 is 1.19 bits per heavy atom. The second kappa shape index (κ2) is 10.0. The molecule has 1 aromatic carbocycles. The van der Waals surface area contributed by atoms with E-state index >= 15 is 0 Å². The third kappa shape index (κ3) is 4.40. The summed E-state index contributed by atoms with van der Waals surface area (Å²) in [6, 6.07) is 5.95. The number of nitrogens with zero attached hydrogens (tertiary/aromatic N) is 1. The highest BCUT2D eigenvalue weighted by atomic mass is 16.3. The van der Waals surface area contributed by atoms with Crippen LogP contribution in [0.3, 0.4) is 0 Å². The van der Waals surface area contributed by atoms with Crippen molar-refractivity contribution in [3.8, 4) is 0 Å². The second-order valence-corrected chi connectivity index (χ2v) is 10.4. The van der Waals surface area contributed by atoms with Gasteiger partial charge in [0.25, 0.3) is 5.91 Å². The zero-order valence-corrected chi connectivity index (χ0v) is 20.6. The van der Waals surface area contributed by atoms with Crippen LogP contribution in [0, 0.1) is 17.8 Å². The molecule has 36 heavy (non-hydrogen) atoms. The van der Waals surface area contributed by atoms with Crippen LogP contribution in [0.1, 0.15) is 55.4 Å². The van der Waals surface area contributed by atoms with E-state index < -0.39 is 24.5 Å². The number of aliphatic hydroxyl groups excluding tert-OH is 1. The average molecular weight is 495 g/mol. The summed E-state index contributed by atoms with van der Waals surface area (Å²) < 4.78 is 0. The second-order valence-electron chi connectivity index (χ2n) is 10.4. The Balaban J connectivity index is 1.39. The number of carbonyl (C=O) groups excluding carboxylic acids is 4. The molecular weight excluding hydrogens is 460 g/mol. The number of fused-ring (bicyclic) bond motifs is 2. The highest BCUT2D eigenvalue weighted by Crippen LogP contribution is 2.43. The lowest BCUT2D eigenvalue weighted by Crippen LogP contribution is -2.53. The van der Waals surface area contributed by atoms with Crippen LogP contribution < -0.4 is 10.6 Å². The third-order valence-electron chi connectivity index (χ3n) is 8.40. The van der Waals surface area contributed by atoms with Gasteiger partial charge in [-0.05, 0) is 62.1 Å². The van der Waals surface area contributed by atoms with E-state index in [1.807, 2.05) is 31.3 Å². The fourth-order valence-corrected chi connectivity index (χ4v) is 6.55. The number of Topliss-reactive ketones (excluding diaryl/α,β-unsaturated/α-hetero) is 2. The van der Waals surface area contributed by atoms with Crippen molar-refractivity contribution in [1.82, 2.24) is 15.2 Å². The molecule has 4 N–H and O–H groups in total. The number of nitrogens with one attached hydrogen (secondary N) is 3. The maximum Gasteiger partial charge on any atom is 0.271 e. The lowest BCUT2D eigenvalue weighted by atomic mass is 9.91. The van der Waals surface area contributed by atoms with Crippen LogP contribution in [0.4, 0.5) is 5.69 Å².